The summed E-state index contributed by atoms with van der Waals surface area (Å²) in [6.07, 6.45) is -3.19. The third-order valence-electron chi connectivity index (χ3n) is 5.50. The van der Waals surface area contributed by atoms with E-state index in [0.717, 1.165) is 31.3 Å². The first-order valence-corrected chi connectivity index (χ1v) is 10.5. The number of carbonyl (C=O) groups excluding carboxylic acids is 1. The molecule has 2 atom stereocenters. The Balaban J connectivity index is 2.23. The zero-order valence-corrected chi connectivity index (χ0v) is 19.0. The maximum atomic E-state index is 14.4. The van der Waals surface area contributed by atoms with Gasteiger partial charge in [0.25, 0.3) is 5.91 Å². The quantitative estimate of drug-likeness (QED) is 0.550. The molecule has 3 rings (SSSR count). The summed E-state index contributed by atoms with van der Waals surface area (Å²) >= 11 is 0. The van der Waals surface area contributed by atoms with Crippen molar-refractivity contribution in [2.45, 2.75) is 44.6 Å². The van der Waals surface area contributed by atoms with Gasteiger partial charge in [0.1, 0.15) is 17.6 Å². The van der Waals surface area contributed by atoms with Crippen LogP contribution in [0.15, 0.2) is 24.4 Å². The van der Waals surface area contributed by atoms with Crippen LogP contribution in [-0.4, -0.2) is 55.5 Å². The number of carbonyl (C=O) groups is 1. The van der Waals surface area contributed by atoms with Crippen LogP contribution in [0.25, 0.3) is 11.1 Å². The Bertz CT molecular complexity index is 1090. The van der Waals surface area contributed by atoms with E-state index < -0.39 is 41.8 Å². The maximum absolute atomic E-state index is 14.4. The number of ether oxygens (including phenoxy) is 2. The highest BCUT2D eigenvalue weighted by atomic mass is 19.4. The third kappa shape index (κ3) is 6.08. The van der Waals surface area contributed by atoms with Crippen molar-refractivity contribution in [3.05, 3.63) is 35.8 Å². The molecule has 0 saturated carbocycles. The van der Waals surface area contributed by atoms with Crippen molar-refractivity contribution in [1.82, 2.24) is 10.3 Å². The minimum atomic E-state index is -4.70. The number of nitrogens with two attached hydrogens (primary N) is 1. The first-order valence-electron chi connectivity index (χ1n) is 10.5. The molecule has 0 aliphatic carbocycles. The number of nitrogens with one attached hydrogen (secondary N) is 1. The fourth-order valence-corrected chi connectivity index (χ4v) is 3.80. The number of benzene rings is 1. The Morgan fingerprint density at radius 3 is 2.51 bits per heavy atom. The molecule has 192 valence electrons. The van der Waals surface area contributed by atoms with Gasteiger partial charge < -0.3 is 25.4 Å². The Labute approximate surface area is 197 Å². The van der Waals surface area contributed by atoms with Gasteiger partial charge in [-0.2, -0.15) is 22.0 Å². The average molecular weight is 506 g/mol. The van der Waals surface area contributed by atoms with E-state index in [4.69, 9.17) is 10.5 Å². The normalized spacial score (nSPS) is 19.1. The van der Waals surface area contributed by atoms with Crippen LogP contribution in [0.5, 0.6) is 11.6 Å². The predicted octanol–water partition coefficient (Wildman–Crippen LogP) is 4.11. The standard InChI is InChI=1S/C22H24F6N4O3/c1-11(22(26,27)28)31-18(33)15-9-30-19(34-3)16(17(15)32-5-4-21(2,29)10-32)12-6-13(23)8-14(7-12)35-20(24)25/h6-9,11,20H,4-5,10,29H2,1-3H3,(H,31,33)/t11?,21-/m0/s1. The minimum absolute atomic E-state index is 0.0103. The van der Waals surface area contributed by atoms with E-state index >= 15 is 0 Å². The SMILES string of the molecule is COc1ncc(C(=O)NC(C)C(F)(F)F)c(N2CC[C@](C)(N)C2)c1-c1cc(F)cc(OC(F)F)c1. The van der Waals surface area contributed by atoms with Gasteiger partial charge in [-0.15, -0.1) is 0 Å². The van der Waals surface area contributed by atoms with Crippen LogP contribution < -0.4 is 25.4 Å². The molecular formula is C22H24F6N4O3. The van der Waals surface area contributed by atoms with Crippen molar-refractivity contribution in [3.63, 3.8) is 0 Å². The highest BCUT2D eigenvalue weighted by Gasteiger charge is 2.39. The summed E-state index contributed by atoms with van der Waals surface area (Å²) in [4.78, 5) is 18.6. The van der Waals surface area contributed by atoms with Crippen molar-refractivity contribution in [3.8, 4) is 22.8 Å². The molecule has 35 heavy (non-hydrogen) atoms. The van der Waals surface area contributed by atoms with Crippen molar-refractivity contribution in [1.29, 1.82) is 0 Å². The van der Waals surface area contributed by atoms with Gasteiger partial charge in [-0.05, 0) is 38.0 Å². The number of rotatable bonds is 7. The molecule has 1 unspecified atom stereocenters. The Morgan fingerprint density at radius 1 is 1.29 bits per heavy atom. The van der Waals surface area contributed by atoms with Gasteiger partial charge in [0, 0.05) is 30.9 Å². The van der Waals surface area contributed by atoms with Crippen molar-refractivity contribution < 1.29 is 40.6 Å². The molecule has 1 aliphatic rings. The second-order valence-electron chi connectivity index (χ2n) is 8.52. The number of hydrogen-bond donors (Lipinski definition) is 2. The van der Waals surface area contributed by atoms with E-state index in [2.05, 4.69) is 9.72 Å². The van der Waals surface area contributed by atoms with Crippen LogP contribution >= 0.6 is 0 Å². The Kier molecular flexibility index (Phi) is 7.39. The molecule has 1 saturated heterocycles. The van der Waals surface area contributed by atoms with Crippen LogP contribution in [0.3, 0.4) is 0 Å². The summed E-state index contributed by atoms with van der Waals surface area (Å²) in [5, 5.41) is 1.89. The first kappa shape index (κ1) is 26.4. The smallest absolute Gasteiger partial charge is 0.408 e. The van der Waals surface area contributed by atoms with Crippen molar-refractivity contribution >= 4 is 11.6 Å². The van der Waals surface area contributed by atoms with E-state index in [1.807, 2.05) is 5.32 Å². The van der Waals surface area contributed by atoms with Crippen LogP contribution in [0.4, 0.5) is 32.0 Å². The minimum Gasteiger partial charge on any atom is -0.480 e. The lowest BCUT2D eigenvalue weighted by Gasteiger charge is -2.28. The fourth-order valence-electron chi connectivity index (χ4n) is 3.80. The van der Waals surface area contributed by atoms with E-state index in [1.54, 1.807) is 11.8 Å². The number of alkyl halides is 5. The van der Waals surface area contributed by atoms with Gasteiger partial charge >= 0.3 is 12.8 Å². The van der Waals surface area contributed by atoms with E-state index in [-0.39, 0.29) is 34.8 Å². The lowest BCUT2D eigenvalue weighted by Crippen LogP contribution is -2.44. The molecular weight excluding hydrogens is 482 g/mol. The molecule has 1 fully saturated rings. The number of methoxy groups -OCH3 is 1. The fraction of sp³-hybridized carbons (Fsp3) is 0.455. The third-order valence-corrected chi connectivity index (χ3v) is 5.50. The van der Waals surface area contributed by atoms with Crippen LogP contribution in [-0.2, 0) is 0 Å². The summed E-state index contributed by atoms with van der Waals surface area (Å²) in [5.41, 5.74) is 5.32. The Morgan fingerprint density at radius 2 is 1.97 bits per heavy atom. The lowest BCUT2D eigenvalue weighted by atomic mass is 9.99. The molecule has 3 N–H and O–H groups in total. The molecule has 0 radical (unpaired) electrons. The molecule has 2 heterocycles. The highest BCUT2D eigenvalue weighted by Crippen LogP contribution is 2.43. The van der Waals surface area contributed by atoms with E-state index in [1.165, 1.54) is 7.11 Å². The van der Waals surface area contributed by atoms with Crippen LogP contribution in [0.1, 0.15) is 30.6 Å². The van der Waals surface area contributed by atoms with E-state index in [0.29, 0.717) is 13.0 Å². The number of aromatic nitrogens is 1. The number of amides is 1. The zero-order valence-electron chi connectivity index (χ0n) is 19.0. The molecule has 1 aromatic heterocycles. The number of nitrogens with zero attached hydrogens (tertiary/aromatic N) is 2. The zero-order chi connectivity index (χ0) is 26.1. The number of pyridine rings is 1. The highest BCUT2D eigenvalue weighted by molar-refractivity contribution is 6.04. The molecule has 1 amide bonds. The largest absolute Gasteiger partial charge is 0.480 e. The first-order chi connectivity index (χ1) is 16.2. The van der Waals surface area contributed by atoms with Gasteiger partial charge in [0.15, 0.2) is 0 Å². The Hall–Kier alpha value is -3.22. The second-order valence-corrected chi connectivity index (χ2v) is 8.52. The molecule has 1 aromatic carbocycles. The lowest BCUT2D eigenvalue weighted by molar-refractivity contribution is -0.149. The average Bonchev–Trinajstić information content (AvgIpc) is 3.10. The second kappa shape index (κ2) is 9.80. The molecule has 13 heteroatoms. The summed E-state index contributed by atoms with van der Waals surface area (Å²) < 4.78 is 88.8. The molecule has 2 aromatic rings. The van der Waals surface area contributed by atoms with Gasteiger partial charge in [-0.1, -0.05) is 0 Å². The van der Waals surface area contributed by atoms with Gasteiger partial charge in [0.2, 0.25) is 5.88 Å². The number of anilines is 1. The molecule has 7 nitrogen and oxygen atoms in total. The van der Waals surface area contributed by atoms with Gasteiger partial charge in [0.05, 0.1) is 23.9 Å². The van der Waals surface area contributed by atoms with Crippen LogP contribution in [0.2, 0.25) is 0 Å². The number of halogens is 6. The topological polar surface area (TPSA) is 89.7 Å². The molecule has 1 aliphatic heterocycles. The molecule has 0 spiro atoms. The maximum Gasteiger partial charge on any atom is 0.408 e. The van der Waals surface area contributed by atoms with E-state index in [9.17, 15) is 31.1 Å². The van der Waals surface area contributed by atoms with Crippen molar-refractivity contribution in [2.75, 3.05) is 25.1 Å². The summed E-state index contributed by atoms with van der Waals surface area (Å²) in [7, 11) is 1.24. The van der Waals surface area contributed by atoms with Gasteiger partial charge in [-0.3, -0.25) is 4.79 Å². The summed E-state index contributed by atoms with van der Waals surface area (Å²) in [5.74, 6) is -2.64. The summed E-state index contributed by atoms with van der Waals surface area (Å²) in [6, 6.07) is 0.644. The van der Waals surface area contributed by atoms with Crippen LogP contribution in [0, 0.1) is 5.82 Å². The molecule has 0 bridgehead atoms. The number of hydrogen-bond acceptors (Lipinski definition) is 6. The monoisotopic (exact) mass is 506 g/mol. The van der Waals surface area contributed by atoms with Gasteiger partial charge in [-0.25, -0.2) is 9.37 Å². The van der Waals surface area contributed by atoms with Crippen molar-refractivity contribution in [2.24, 2.45) is 5.73 Å². The predicted molar refractivity (Wildman–Crippen MR) is 115 cm³/mol. The summed E-state index contributed by atoms with van der Waals surface area (Å²) in [6.45, 7) is -0.201.